The maximum Gasteiger partial charge on any atom is 0.335 e. The van der Waals surface area contributed by atoms with Crippen molar-refractivity contribution in [3.05, 3.63) is 30.1 Å². The van der Waals surface area contributed by atoms with Gasteiger partial charge in [-0.05, 0) is 36.5 Å². The smallest absolute Gasteiger partial charge is 0.335 e. The number of carboxylic acids is 1. The first-order valence-electron chi connectivity index (χ1n) is 7.28. The van der Waals surface area contributed by atoms with E-state index in [2.05, 4.69) is 23.4 Å². The highest BCUT2D eigenvalue weighted by atomic mass is 16.4. The molecule has 4 nitrogen and oxygen atoms in total. The standard InChI is InChI=1S/C16H20N2O2/c1-10-4-3-5-14(11(10)2)18-9-17-13-8-12(16(19)20)6-7-15(13)18/h6-11,14H,3-5H2,1-2H3,(H,19,20)/t10-,11+,14-/m1/s1. The quantitative estimate of drug-likeness (QED) is 0.906. The second-order valence-corrected chi connectivity index (χ2v) is 6.00. The summed E-state index contributed by atoms with van der Waals surface area (Å²) in [6.07, 6.45) is 5.60. The number of aromatic nitrogens is 2. The summed E-state index contributed by atoms with van der Waals surface area (Å²) in [7, 11) is 0. The molecule has 0 radical (unpaired) electrons. The summed E-state index contributed by atoms with van der Waals surface area (Å²) < 4.78 is 2.24. The molecule has 4 heteroatoms. The minimum absolute atomic E-state index is 0.299. The van der Waals surface area contributed by atoms with Crippen LogP contribution in [-0.4, -0.2) is 20.6 Å². The summed E-state index contributed by atoms with van der Waals surface area (Å²) in [5, 5.41) is 9.04. The molecule has 0 bridgehead atoms. The van der Waals surface area contributed by atoms with Gasteiger partial charge >= 0.3 is 5.97 Å². The van der Waals surface area contributed by atoms with E-state index in [4.69, 9.17) is 5.11 Å². The van der Waals surface area contributed by atoms with E-state index in [-0.39, 0.29) is 0 Å². The van der Waals surface area contributed by atoms with Crippen molar-refractivity contribution in [2.24, 2.45) is 11.8 Å². The topological polar surface area (TPSA) is 55.1 Å². The van der Waals surface area contributed by atoms with Crippen molar-refractivity contribution in [3.8, 4) is 0 Å². The van der Waals surface area contributed by atoms with Crippen molar-refractivity contribution in [2.75, 3.05) is 0 Å². The molecular weight excluding hydrogens is 252 g/mol. The number of carboxylic acid groups (broad SMARTS) is 1. The number of benzene rings is 1. The molecule has 1 aromatic carbocycles. The molecule has 0 amide bonds. The Morgan fingerprint density at radius 1 is 1.35 bits per heavy atom. The van der Waals surface area contributed by atoms with Gasteiger partial charge in [-0.1, -0.05) is 26.7 Å². The van der Waals surface area contributed by atoms with Crippen molar-refractivity contribution in [1.29, 1.82) is 0 Å². The lowest BCUT2D eigenvalue weighted by atomic mass is 9.78. The Hall–Kier alpha value is -1.84. The highest BCUT2D eigenvalue weighted by Crippen LogP contribution is 2.38. The number of carbonyl (C=O) groups is 1. The molecule has 1 N–H and O–H groups in total. The molecule has 0 saturated heterocycles. The van der Waals surface area contributed by atoms with E-state index in [1.54, 1.807) is 12.1 Å². The van der Waals surface area contributed by atoms with E-state index in [9.17, 15) is 4.79 Å². The molecule has 0 unspecified atom stereocenters. The van der Waals surface area contributed by atoms with Gasteiger partial charge in [0.25, 0.3) is 0 Å². The molecule has 1 saturated carbocycles. The fraction of sp³-hybridized carbons (Fsp3) is 0.500. The van der Waals surface area contributed by atoms with Gasteiger partial charge in [-0.3, -0.25) is 0 Å². The Labute approximate surface area is 118 Å². The second-order valence-electron chi connectivity index (χ2n) is 6.00. The second kappa shape index (κ2) is 4.93. The minimum Gasteiger partial charge on any atom is -0.478 e. The van der Waals surface area contributed by atoms with Crippen LogP contribution in [0.4, 0.5) is 0 Å². The molecule has 2 aromatic rings. The van der Waals surface area contributed by atoms with E-state index in [1.165, 1.54) is 19.3 Å². The first-order valence-corrected chi connectivity index (χ1v) is 7.28. The van der Waals surface area contributed by atoms with Crippen LogP contribution in [0.3, 0.4) is 0 Å². The molecule has 0 spiro atoms. The lowest BCUT2D eigenvalue weighted by molar-refractivity contribution is 0.0697. The van der Waals surface area contributed by atoms with E-state index in [0.29, 0.717) is 17.5 Å². The molecule has 1 aromatic heterocycles. The zero-order valence-corrected chi connectivity index (χ0v) is 11.9. The molecular formula is C16H20N2O2. The normalized spacial score (nSPS) is 26.8. The Morgan fingerprint density at radius 2 is 2.15 bits per heavy atom. The fourth-order valence-corrected chi connectivity index (χ4v) is 3.38. The number of nitrogens with zero attached hydrogens (tertiary/aromatic N) is 2. The Kier molecular flexibility index (Phi) is 3.24. The average Bonchev–Trinajstić information content (AvgIpc) is 2.84. The fourth-order valence-electron chi connectivity index (χ4n) is 3.38. The number of rotatable bonds is 2. The van der Waals surface area contributed by atoms with Gasteiger partial charge in [0.15, 0.2) is 0 Å². The highest BCUT2D eigenvalue weighted by Gasteiger charge is 2.29. The van der Waals surface area contributed by atoms with Crippen molar-refractivity contribution in [3.63, 3.8) is 0 Å². The molecule has 0 aliphatic heterocycles. The molecule has 3 atom stereocenters. The third-order valence-corrected chi connectivity index (χ3v) is 4.84. The summed E-state index contributed by atoms with van der Waals surface area (Å²) in [4.78, 5) is 15.4. The van der Waals surface area contributed by atoms with Crippen LogP contribution in [0.25, 0.3) is 11.0 Å². The van der Waals surface area contributed by atoms with Crippen LogP contribution in [0.15, 0.2) is 24.5 Å². The van der Waals surface area contributed by atoms with Crippen LogP contribution in [0, 0.1) is 11.8 Å². The molecule has 1 heterocycles. The summed E-state index contributed by atoms with van der Waals surface area (Å²) in [5.41, 5.74) is 2.11. The highest BCUT2D eigenvalue weighted by molar-refractivity contribution is 5.92. The van der Waals surface area contributed by atoms with Gasteiger partial charge in [0.1, 0.15) is 0 Å². The van der Waals surface area contributed by atoms with E-state index in [1.807, 2.05) is 12.4 Å². The van der Waals surface area contributed by atoms with Crippen LogP contribution in [0.5, 0.6) is 0 Å². The maximum absolute atomic E-state index is 11.0. The molecule has 106 valence electrons. The number of aromatic carboxylic acids is 1. The Balaban J connectivity index is 2.02. The lowest BCUT2D eigenvalue weighted by Crippen LogP contribution is -2.26. The number of fused-ring (bicyclic) bond motifs is 1. The maximum atomic E-state index is 11.0. The van der Waals surface area contributed by atoms with Gasteiger partial charge in [-0.2, -0.15) is 0 Å². The lowest BCUT2D eigenvalue weighted by Gasteiger charge is -2.35. The third kappa shape index (κ3) is 2.09. The number of hydrogen-bond donors (Lipinski definition) is 1. The Morgan fingerprint density at radius 3 is 2.90 bits per heavy atom. The Bertz CT molecular complexity index is 647. The van der Waals surface area contributed by atoms with E-state index < -0.39 is 5.97 Å². The average molecular weight is 272 g/mol. The van der Waals surface area contributed by atoms with Gasteiger partial charge in [0.05, 0.1) is 22.9 Å². The van der Waals surface area contributed by atoms with Crippen molar-refractivity contribution < 1.29 is 9.90 Å². The predicted molar refractivity (Wildman–Crippen MR) is 77.9 cm³/mol. The first-order chi connectivity index (χ1) is 9.58. The van der Waals surface area contributed by atoms with Gasteiger partial charge in [0.2, 0.25) is 0 Å². The minimum atomic E-state index is -0.902. The number of hydrogen-bond acceptors (Lipinski definition) is 2. The molecule has 1 aliphatic rings. The van der Waals surface area contributed by atoms with E-state index >= 15 is 0 Å². The summed E-state index contributed by atoms with van der Waals surface area (Å²) in [6, 6.07) is 5.68. The van der Waals surface area contributed by atoms with Crippen LogP contribution >= 0.6 is 0 Å². The molecule has 1 fully saturated rings. The van der Waals surface area contributed by atoms with Crippen LogP contribution in [-0.2, 0) is 0 Å². The monoisotopic (exact) mass is 272 g/mol. The van der Waals surface area contributed by atoms with E-state index in [0.717, 1.165) is 17.0 Å². The van der Waals surface area contributed by atoms with Gasteiger partial charge < -0.3 is 9.67 Å². The zero-order valence-electron chi connectivity index (χ0n) is 11.9. The van der Waals surface area contributed by atoms with Crippen molar-refractivity contribution >= 4 is 17.0 Å². The van der Waals surface area contributed by atoms with Crippen molar-refractivity contribution in [2.45, 2.75) is 39.2 Å². The summed E-state index contributed by atoms with van der Waals surface area (Å²) in [5.74, 6) is 0.450. The van der Waals surface area contributed by atoms with Gasteiger partial charge in [-0.15, -0.1) is 0 Å². The largest absolute Gasteiger partial charge is 0.478 e. The van der Waals surface area contributed by atoms with Crippen LogP contribution in [0.1, 0.15) is 49.5 Å². The van der Waals surface area contributed by atoms with Gasteiger partial charge in [0, 0.05) is 6.04 Å². The molecule has 20 heavy (non-hydrogen) atoms. The van der Waals surface area contributed by atoms with Crippen LogP contribution in [0.2, 0.25) is 0 Å². The van der Waals surface area contributed by atoms with Gasteiger partial charge in [-0.25, -0.2) is 9.78 Å². The molecule has 1 aliphatic carbocycles. The summed E-state index contributed by atoms with van der Waals surface area (Å²) in [6.45, 7) is 4.63. The number of imidazole rings is 1. The first kappa shape index (κ1) is 13.2. The SMILES string of the molecule is C[C@H]1[C@H](C)CCC[C@H]1n1cnc2cc(C(=O)O)ccc21. The zero-order chi connectivity index (χ0) is 14.3. The van der Waals surface area contributed by atoms with Crippen molar-refractivity contribution in [1.82, 2.24) is 9.55 Å². The predicted octanol–water partition coefficient (Wildman–Crippen LogP) is 3.73. The summed E-state index contributed by atoms with van der Waals surface area (Å²) >= 11 is 0. The molecule has 3 rings (SSSR count). The third-order valence-electron chi connectivity index (χ3n) is 4.84. The van der Waals surface area contributed by atoms with Crippen LogP contribution < -0.4 is 0 Å².